The number of aromatic nitrogens is 5. The van der Waals surface area contributed by atoms with Crippen LogP contribution in [0.4, 0.5) is 5.82 Å². The van der Waals surface area contributed by atoms with Gasteiger partial charge in [-0.25, -0.2) is 9.97 Å². The molecule has 0 aliphatic heterocycles. The Kier molecular flexibility index (Phi) is 4.31. The quantitative estimate of drug-likeness (QED) is 0.531. The average molecular weight is 391 g/mol. The molecule has 4 aromatic rings. The molecule has 28 heavy (non-hydrogen) atoms. The monoisotopic (exact) mass is 390 g/mol. The summed E-state index contributed by atoms with van der Waals surface area (Å²) in [6.45, 7) is 4.20. The predicted octanol–water partition coefficient (Wildman–Crippen LogP) is 4.32. The van der Waals surface area contributed by atoms with Gasteiger partial charge in [-0.2, -0.15) is 5.10 Å². The number of H-pyrrole nitrogens is 1. The van der Waals surface area contributed by atoms with E-state index in [0.29, 0.717) is 0 Å². The number of nitrogens with one attached hydrogen (secondary N) is 2. The minimum Gasteiger partial charge on any atom is -0.367 e. The van der Waals surface area contributed by atoms with Gasteiger partial charge in [0.2, 0.25) is 0 Å². The van der Waals surface area contributed by atoms with Crippen molar-refractivity contribution in [2.75, 3.05) is 5.32 Å². The van der Waals surface area contributed by atoms with E-state index in [4.69, 9.17) is 9.97 Å². The van der Waals surface area contributed by atoms with Crippen LogP contribution in [-0.4, -0.2) is 31.2 Å². The summed E-state index contributed by atoms with van der Waals surface area (Å²) in [5, 5.41) is 12.2. The molecule has 0 aromatic carbocycles. The van der Waals surface area contributed by atoms with Crippen LogP contribution in [-0.2, 0) is 19.3 Å². The van der Waals surface area contributed by atoms with E-state index < -0.39 is 0 Å². The Hall–Kier alpha value is -2.80. The van der Waals surface area contributed by atoms with Gasteiger partial charge in [0.05, 0.1) is 11.1 Å². The zero-order valence-electron chi connectivity index (χ0n) is 16.0. The summed E-state index contributed by atoms with van der Waals surface area (Å²) in [7, 11) is 0. The molecule has 0 saturated heterocycles. The number of aryl methyl sites for hydroxylation is 3. The summed E-state index contributed by atoms with van der Waals surface area (Å²) in [5.41, 5.74) is 4.52. The van der Waals surface area contributed by atoms with E-state index in [1.165, 1.54) is 22.2 Å². The molecule has 1 unspecified atom stereocenters. The molecule has 4 heterocycles. The topological polar surface area (TPSA) is 79.4 Å². The number of nitrogens with zero attached hydrogens (tertiary/aromatic N) is 4. The van der Waals surface area contributed by atoms with E-state index in [2.05, 4.69) is 33.5 Å². The van der Waals surface area contributed by atoms with Gasteiger partial charge in [-0.1, -0.05) is 0 Å². The van der Waals surface area contributed by atoms with Crippen LogP contribution in [0.15, 0.2) is 30.6 Å². The lowest BCUT2D eigenvalue weighted by Gasteiger charge is -2.15. The normalized spacial score (nSPS) is 14.4. The van der Waals surface area contributed by atoms with Gasteiger partial charge in [0.15, 0.2) is 5.82 Å². The molecule has 5 rings (SSSR count). The molecule has 4 aromatic heterocycles. The van der Waals surface area contributed by atoms with Gasteiger partial charge in [-0.15, -0.1) is 11.3 Å². The van der Waals surface area contributed by atoms with Crippen molar-refractivity contribution in [2.45, 2.75) is 45.6 Å². The Balaban J connectivity index is 1.55. The largest absolute Gasteiger partial charge is 0.367 e. The molecule has 1 atom stereocenters. The maximum absolute atomic E-state index is 4.92. The Morgan fingerprint density at radius 2 is 2.21 bits per heavy atom. The number of hydrogen-bond acceptors (Lipinski definition) is 6. The Labute approximate surface area is 167 Å². The summed E-state index contributed by atoms with van der Waals surface area (Å²) >= 11 is 1.81. The fourth-order valence-corrected chi connectivity index (χ4v) is 5.16. The van der Waals surface area contributed by atoms with Crippen LogP contribution in [0.1, 0.15) is 35.2 Å². The van der Waals surface area contributed by atoms with E-state index >= 15 is 0 Å². The summed E-state index contributed by atoms with van der Waals surface area (Å²) in [6.07, 6.45) is 7.93. The lowest BCUT2D eigenvalue weighted by atomic mass is 10.1. The minimum absolute atomic E-state index is 0.208. The number of rotatable bonds is 5. The lowest BCUT2D eigenvalue weighted by Crippen LogP contribution is -2.19. The Morgan fingerprint density at radius 1 is 1.29 bits per heavy atom. The summed E-state index contributed by atoms with van der Waals surface area (Å²) in [6, 6.07) is 6.23. The molecule has 6 nitrogen and oxygen atoms in total. The van der Waals surface area contributed by atoms with Crippen LogP contribution in [0.2, 0.25) is 0 Å². The predicted molar refractivity (Wildman–Crippen MR) is 113 cm³/mol. The third kappa shape index (κ3) is 3.16. The Morgan fingerprint density at radius 3 is 3.00 bits per heavy atom. The van der Waals surface area contributed by atoms with Crippen molar-refractivity contribution >= 4 is 27.4 Å². The van der Waals surface area contributed by atoms with Crippen molar-refractivity contribution in [2.24, 2.45) is 0 Å². The second-order valence-electron chi connectivity index (χ2n) is 7.47. The van der Waals surface area contributed by atoms with Crippen LogP contribution in [0.25, 0.3) is 21.6 Å². The molecule has 0 fully saturated rings. The first-order valence-corrected chi connectivity index (χ1v) is 10.5. The van der Waals surface area contributed by atoms with Gasteiger partial charge in [-0.3, -0.25) is 10.1 Å². The molecule has 1 aliphatic rings. The van der Waals surface area contributed by atoms with Gasteiger partial charge in [0, 0.05) is 41.0 Å². The van der Waals surface area contributed by atoms with Gasteiger partial charge in [0.25, 0.3) is 0 Å². The number of hydrogen-bond donors (Lipinski definition) is 2. The molecule has 142 valence electrons. The van der Waals surface area contributed by atoms with Gasteiger partial charge in [-0.05, 0) is 56.9 Å². The second-order valence-corrected chi connectivity index (χ2v) is 8.55. The maximum atomic E-state index is 4.92. The van der Waals surface area contributed by atoms with Crippen molar-refractivity contribution in [3.05, 3.63) is 52.4 Å². The number of aromatic amines is 1. The third-order valence-electron chi connectivity index (χ3n) is 5.14. The van der Waals surface area contributed by atoms with Crippen molar-refractivity contribution in [3.8, 4) is 11.4 Å². The number of thiophene rings is 1. The Bertz CT molecular complexity index is 1130. The first-order valence-electron chi connectivity index (χ1n) is 9.67. The molecule has 0 saturated carbocycles. The van der Waals surface area contributed by atoms with Crippen LogP contribution in [0.5, 0.6) is 0 Å². The average Bonchev–Trinajstić information content (AvgIpc) is 3.38. The van der Waals surface area contributed by atoms with Crippen LogP contribution < -0.4 is 5.32 Å². The van der Waals surface area contributed by atoms with E-state index in [1.807, 2.05) is 36.6 Å². The van der Waals surface area contributed by atoms with E-state index in [1.54, 1.807) is 6.20 Å². The minimum atomic E-state index is 0.208. The highest BCUT2D eigenvalue weighted by atomic mass is 32.1. The summed E-state index contributed by atoms with van der Waals surface area (Å²) in [5.74, 6) is 1.66. The van der Waals surface area contributed by atoms with E-state index in [-0.39, 0.29) is 6.04 Å². The smallest absolute Gasteiger partial charge is 0.164 e. The molecular formula is C21H22N6S. The molecule has 1 aliphatic carbocycles. The highest BCUT2D eigenvalue weighted by Gasteiger charge is 2.23. The molecule has 0 amide bonds. The van der Waals surface area contributed by atoms with Crippen LogP contribution in [0.3, 0.4) is 0 Å². The summed E-state index contributed by atoms with van der Waals surface area (Å²) in [4.78, 5) is 16.6. The first-order chi connectivity index (χ1) is 13.7. The van der Waals surface area contributed by atoms with Crippen molar-refractivity contribution in [1.82, 2.24) is 25.1 Å². The van der Waals surface area contributed by atoms with Crippen LogP contribution >= 0.6 is 11.3 Å². The van der Waals surface area contributed by atoms with Gasteiger partial charge in [0.1, 0.15) is 10.6 Å². The number of pyridine rings is 1. The molecule has 0 bridgehead atoms. The molecular weight excluding hydrogens is 368 g/mol. The standard InChI is InChI=1S/C21H22N6S/c1-12(9-15-10-13(2)26-27-15)23-20-18-16-6-3-7-17(16)28-21(18)25-19(24-20)14-5-4-8-22-11-14/h4-5,8,10-12H,3,6-7,9H2,1-2H3,(H,26,27)(H,23,24,25). The molecule has 7 heteroatoms. The molecule has 0 spiro atoms. The second kappa shape index (κ2) is 6.98. The summed E-state index contributed by atoms with van der Waals surface area (Å²) < 4.78 is 0. The van der Waals surface area contributed by atoms with Gasteiger partial charge >= 0.3 is 0 Å². The first kappa shape index (κ1) is 17.3. The highest BCUT2D eigenvalue weighted by molar-refractivity contribution is 7.19. The lowest BCUT2D eigenvalue weighted by molar-refractivity contribution is 0.761. The van der Waals surface area contributed by atoms with E-state index in [0.717, 1.165) is 52.7 Å². The molecule has 2 N–H and O–H groups in total. The van der Waals surface area contributed by atoms with Crippen molar-refractivity contribution in [1.29, 1.82) is 0 Å². The van der Waals surface area contributed by atoms with Crippen LogP contribution in [0, 0.1) is 6.92 Å². The number of anilines is 1. The fraction of sp³-hybridized carbons (Fsp3) is 0.333. The molecule has 0 radical (unpaired) electrons. The van der Waals surface area contributed by atoms with Crippen molar-refractivity contribution in [3.63, 3.8) is 0 Å². The third-order valence-corrected chi connectivity index (χ3v) is 6.33. The fourth-order valence-electron chi connectivity index (χ4n) is 3.90. The highest BCUT2D eigenvalue weighted by Crippen LogP contribution is 2.40. The number of fused-ring (bicyclic) bond motifs is 3. The zero-order chi connectivity index (χ0) is 19.1. The van der Waals surface area contributed by atoms with E-state index in [9.17, 15) is 0 Å². The maximum Gasteiger partial charge on any atom is 0.164 e. The van der Waals surface area contributed by atoms with Crippen molar-refractivity contribution < 1.29 is 0 Å². The van der Waals surface area contributed by atoms with Gasteiger partial charge < -0.3 is 5.32 Å². The SMILES string of the molecule is Cc1cc(CC(C)Nc2nc(-c3cccnc3)nc3sc4c(c23)CCC4)n[nH]1. The zero-order valence-corrected chi connectivity index (χ0v) is 16.8.